The number of likely N-dealkylation sites (N-methyl/N-ethyl adjacent to an activating group) is 1. The summed E-state index contributed by atoms with van der Waals surface area (Å²) >= 11 is 0. The summed E-state index contributed by atoms with van der Waals surface area (Å²) in [5.41, 5.74) is 0. The van der Waals surface area contributed by atoms with Crippen molar-refractivity contribution in [1.82, 2.24) is 15.1 Å². The second-order valence-corrected chi connectivity index (χ2v) is 5.18. The van der Waals surface area contributed by atoms with Crippen molar-refractivity contribution in [1.29, 1.82) is 0 Å². The van der Waals surface area contributed by atoms with Gasteiger partial charge in [0.1, 0.15) is 6.04 Å². The SMILES string of the molecule is CCN1CCCC1CN1CCNCC1C(F)(F)F. The first-order valence-electron chi connectivity index (χ1n) is 6.78. The van der Waals surface area contributed by atoms with Gasteiger partial charge in [-0.1, -0.05) is 6.92 Å². The van der Waals surface area contributed by atoms with Crippen LogP contribution in [0.25, 0.3) is 0 Å². The molecular formula is C12H22F3N3. The number of nitrogens with zero attached hydrogens (tertiary/aromatic N) is 2. The molecule has 2 aliphatic heterocycles. The van der Waals surface area contributed by atoms with Crippen LogP contribution in [0, 0.1) is 0 Å². The molecule has 0 bridgehead atoms. The minimum atomic E-state index is -4.12. The van der Waals surface area contributed by atoms with Crippen molar-refractivity contribution in [2.45, 2.75) is 38.0 Å². The van der Waals surface area contributed by atoms with Crippen LogP contribution in [-0.2, 0) is 0 Å². The third-order valence-corrected chi connectivity index (χ3v) is 4.08. The topological polar surface area (TPSA) is 18.5 Å². The van der Waals surface area contributed by atoms with Gasteiger partial charge in [0.2, 0.25) is 0 Å². The normalized spacial score (nSPS) is 32.0. The summed E-state index contributed by atoms with van der Waals surface area (Å²) in [5, 5.41) is 2.85. The quantitative estimate of drug-likeness (QED) is 0.830. The molecule has 6 heteroatoms. The Balaban J connectivity index is 1.97. The van der Waals surface area contributed by atoms with E-state index in [0.717, 1.165) is 25.9 Å². The van der Waals surface area contributed by atoms with Crippen LogP contribution in [-0.4, -0.2) is 67.3 Å². The van der Waals surface area contributed by atoms with Crippen molar-refractivity contribution in [2.24, 2.45) is 0 Å². The summed E-state index contributed by atoms with van der Waals surface area (Å²) in [7, 11) is 0. The van der Waals surface area contributed by atoms with E-state index in [-0.39, 0.29) is 6.54 Å². The maximum absolute atomic E-state index is 12.9. The van der Waals surface area contributed by atoms with E-state index in [9.17, 15) is 13.2 Å². The van der Waals surface area contributed by atoms with Gasteiger partial charge in [0.05, 0.1) is 0 Å². The van der Waals surface area contributed by atoms with E-state index in [2.05, 4.69) is 17.1 Å². The minimum Gasteiger partial charge on any atom is -0.314 e. The maximum Gasteiger partial charge on any atom is 0.405 e. The fourth-order valence-corrected chi connectivity index (χ4v) is 3.08. The molecule has 0 aliphatic carbocycles. The first-order valence-corrected chi connectivity index (χ1v) is 6.78. The zero-order valence-corrected chi connectivity index (χ0v) is 10.8. The highest BCUT2D eigenvalue weighted by atomic mass is 19.4. The Kier molecular flexibility index (Phi) is 4.50. The average molecular weight is 265 g/mol. The molecule has 0 aromatic rings. The number of hydrogen-bond acceptors (Lipinski definition) is 3. The average Bonchev–Trinajstić information content (AvgIpc) is 2.75. The summed E-state index contributed by atoms with van der Waals surface area (Å²) in [6, 6.07) is -1.01. The van der Waals surface area contributed by atoms with Gasteiger partial charge in [0.15, 0.2) is 0 Å². The van der Waals surface area contributed by atoms with Gasteiger partial charge in [-0.3, -0.25) is 9.80 Å². The smallest absolute Gasteiger partial charge is 0.314 e. The molecule has 0 amide bonds. The molecule has 2 rings (SSSR count). The van der Waals surface area contributed by atoms with Gasteiger partial charge < -0.3 is 5.32 Å². The lowest BCUT2D eigenvalue weighted by Gasteiger charge is -2.39. The number of alkyl halides is 3. The Morgan fingerprint density at radius 3 is 2.67 bits per heavy atom. The van der Waals surface area contributed by atoms with Crippen LogP contribution in [0.1, 0.15) is 19.8 Å². The second kappa shape index (κ2) is 5.75. The van der Waals surface area contributed by atoms with Crippen LogP contribution in [0.3, 0.4) is 0 Å². The van der Waals surface area contributed by atoms with Crippen LogP contribution in [0.5, 0.6) is 0 Å². The van der Waals surface area contributed by atoms with Crippen molar-refractivity contribution >= 4 is 0 Å². The molecule has 106 valence electrons. The molecule has 0 radical (unpaired) electrons. The third kappa shape index (κ3) is 3.16. The lowest BCUT2D eigenvalue weighted by Crippen LogP contribution is -2.60. The van der Waals surface area contributed by atoms with Crippen molar-refractivity contribution in [3.63, 3.8) is 0 Å². The predicted molar refractivity (Wildman–Crippen MR) is 64.6 cm³/mol. The van der Waals surface area contributed by atoms with E-state index < -0.39 is 12.2 Å². The summed E-state index contributed by atoms with van der Waals surface area (Å²) in [5.74, 6) is 0. The van der Waals surface area contributed by atoms with Crippen LogP contribution in [0.2, 0.25) is 0 Å². The van der Waals surface area contributed by atoms with Gasteiger partial charge in [-0.2, -0.15) is 13.2 Å². The molecule has 0 aromatic heterocycles. The molecule has 2 heterocycles. The van der Waals surface area contributed by atoms with Crippen LogP contribution in [0.15, 0.2) is 0 Å². The molecular weight excluding hydrogens is 243 g/mol. The van der Waals surface area contributed by atoms with Gasteiger partial charge in [-0.05, 0) is 25.9 Å². The molecule has 0 saturated carbocycles. The maximum atomic E-state index is 12.9. The van der Waals surface area contributed by atoms with Crippen molar-refractivity contribution in [2.75, 3.05) is 39.3 Å². The largest absolute Gasteiger partial charge is 0.405 e. The highest BCUT2D eigenvalue weighted by Crippen LogP contribution is 2.27. The monoisotopic (exact) mass is 265 g/mol. The second-order valence-electron chi connectivity index (χ2n) is 5.18. The Morgan fingerprint density at radius 2 is 2.00 bits per heavy atom. The van der Waals surface area contributed by atoms with E-state index in [1.54, 1.807) is 4.90 Å². The molecule has 0 aromatic carbocycles. The first kappa shape index (κ1) is 14.1. The zero-order chi connectivity index (χ0) is 13.2. The van der Waals surface area contributed by atoms with Crippen molar-refractivity contribution in [3.05, 3.63) is 0 Å². The van der Waals surface area contributed by atoms with Gasteiger partial charge in [-0.15, -0.1) is 0 Å². The lowest BCUT2D eigenvalue weighted by atomic mass is 10.1. The zero-order valence-electron chi connectivity index (χ0n) is 10.8. The fourth-order valence-electron chi connectivity index (χ4n) is 3.08. The summed E-state index contributed by atoms with van der Waals surface area (Å²) < 4.78 is 38.8. The number of hydrogen-bond donors (Lipinski definition) is 1. The van der Waals surface area contributed by atoms with Crippen LogP contribution < -0.4 is 5.32 Å². The molecule has 2 atom stereocenters. The van der Waals surface area contributed by atoms with E-state index in [4.69, 9.17) is 0 Å². The predicted octanol–water partition coefficient (Wildman–Crippen LogP) is 1.31. The molecule has 2 unspecified atom stereocenters. The number of rotatable bonds is 3. The Morgan fingerprint density at radius 1 is 1.22 bits per heavy atom. The molecule has 3 nitrogen and oxygen atoms in total. The molecule has 2 saturated heterocycles. The third-order valence-electron chi connectivity index (χ3n) is 4.08. The Bertz CT molecular complexity index is 270. The van der Waals surface area contributed by atoms with Gasteiger partial charge in [-0.25, -0.2) is 0 Å². The molecule has 18 heavy (non-hydrogen) atoms. The van der Waals surface area contributed by atoms with Crippen molar-refractivity contribution < 1.29 is 13.2 Å². The number of piperazine rings is 1. The summed E-state index contributed by atoms with van der Waals surface area (Å²) in [4.78, 5) is 3.92. The van der Waals surface area contributed by atoms with Crippen LogP contribution >= 0.6 is 0 Å². The number of nitrogens with one attached hydrogen (secondary N) is 1. The standard InChI is InChI=1S/C12H22F3N3/c1-2-17-6-3-4-10(17)9-18-7-5-16-8-11(18)12(13,14)15/h10-11,16H,2-9H2,1H3. The van der Waals surface area contributed by atoms with Gasteiger partial charge >= 0.3 is 6.18 Å². The summed E-state index contributed by atoms with van der Waals surface area (Å²) in [6.07, 6.45) is -1.98. The lowest BCUT2D eigenvalue weighted by molar-refractivity contribution is -0.188. The Labute approximate surface area is 106 Å². The summed E-state index contributed by atoms with van der Waals surface area (Å²) in [6.45, 7) is 5.79. The molecule has 1 N–H and O–H groups in total. The minimum absolute atomic E-state index is 0.0301. The highest BCUT2D eigenvalue weighted by molar-refractivity contribution is 4.90. The van der Waals surface area contributed by atoms with E-state index in [1.807, 2.05) is 0 Å². The fraction of sp³-hybridized carbons (Fsp3) is 1.00. The van der Waals surface area contributed by atoms with Crippen molar-refractivity contribution in [3.8, 4) is 0 Å². The van der Waals surface area contributed by atoms with Gasteiger partial charge in [0, 0.05) is 32.2 Å². The van der Waals surface area contributed by atoms with Crippen LogP contribution in [0.4, 0.5) is 13.2 Å². The van der Waals surface area contributed by atoms with Gasteiger partial charge in [0.25, 0.3) is 0 Å². The number of halogens is 3. The van der Waals surface area contributed by atoms with E-state index in [0.29, 0.717) is 25.7 Å². The molecule has 0 spiro atoms. The number of likely N-dealkylation sites (tertiary alicyclic amines) is 1. The first-order chi connectivity index (χ1) is 8.52. The highest BCUT2D eigenvalue weighted by Gasteiger charge is 2.45. The molecule has 2 fully saturated rings. The molecule has 2 aliphatic rings. The van der Waals surface area contributed by atoms with E-state index in [1.165, 1.54) is 0 Å². The van der Waals surface area contributed by atoms with E-state index >= 15 is 0 Å². The Hall–Kier alpha value is -0.330.